The monoisotopic (exact) mass is 264 g/mol. The van der Waals surface area contributed by atoms with Gasteiger partial charge in [-0.05, 0) is 18.2 Å². The summed E-state index contributed by atoms with van der Waals surface area (Å²) in [5, 5.41) is 9.15. The van der Waals surface area contributed by atoms with Crippen LogP contribution >= 0.6 is 0 Å². The lowest BCUT2D eigenvalue weighted by Crippen LogP contribution is -2.24. The predicted octanol–water partition coefficient (Wildman–Crippen LogP) is 3.77. The number of hydrogen-bond donors (Lipinski definition) is 0. The first-order chi connectivity index (χ1) is 9.76. The number of anilines is 3. The number of para-hydroxylation sites is 2. The highest BCUT2D eigenvalue weighted by molar-refractivity contribution is 5.84. The summed E-state index contributed by atoms with van der Waals surface area (Å²) in [6.07, 6.45) is 2.08. The minimum atomic E-state index is -0.558. The fourth-order valence-electron chi connectivity index (χ4n) is 2.31. The highest BCUT2D eigenvalue weighted by Gasteiger charge is 2.28. The fraction of sp³-hybridized carbons (Fsp3) is 0.0667. The molecule has 4 nitrogen and oxygen atoms in total. The number of rotatable bonds is 1. The van der Waals surface area contributed by atoms with Crippen molar-refractivity contribution in [3.8, 4) is 6.19 Å². The molecule has 0 N–H and O–H groups in total. The highest BCUT2D eigenvalue weighted by Crippen LogP contribution is 2.42. The molecule has 1 aliphatic rings. The molecule has 0 aromatic heterocycles. The van der Waals surface area contributed by atoms with Crippen LogP contribution in [-0.4, -0.2) is 6.67 Å². The standard InChI is InChI=1S/C15H9FN4/c1-18-11-5-4-8-14(15(11)16)20-10-19(9-17)12-6-2-3-7-13(12)20/h2-8H,10H2. The maximum Gasteiger partial charge on any atom is 0.224 e. The van der Waals surface area contributed by atoms with Crippen LogP contribution in [0.5, 0.6) is 0 Å². The Balaban J connectivity index is 2.15. The van der Waals surface area contributed by atoms with E-state index in [4.69, 9.17) is 11.8 Å². The smallest absolute Gasteiger partial charge is 0.224 e. The van der Waals surface area contributed by atoms with Gasteiger partial charge in [-0.15, -0.1) is 0 Å². The number of hydrogen-bond acceptors (Lipinski definition) is 3. The third-order valence-electron chi connectivity index (χ3n) is 3.24. The van der Waals surface area contributed by atoms with Crippen molar-refractivity contribution in [1.82, 2.24) is 0 Å². The second-order valence-electron chi connectivity index (χ2n) is 4.31. The largest absolute Gasteiger partial charge is 0.319 e. The summed E-state index contributed by atoms with van der Waals surface area (Å²) < 4.78 is 14.3. The molecule has 1 heterocycles. The Labute approximate surface area is 115 Å². The van der Waals surface area contributed by atoms with Crippen molar-refractivity contribution in [2.24, 2.45) is 0 Å². The van der Waals surface area contributed by atoms with Crippen molar-refractivity contribution >= 4 is 22.7 Å². The van der Waals surface area contributed by atoms with E-state index >= 15 is 0 Å². The van der Waals surface area contributed by atoms with Crippen LogP contribution in [0.2, 0.25) is 0 Å². The molecule has 96 valence electrons. The minimum absolute atomic E-state index is 0.0182. The van der Waals surface area contributed by atoms with E-state index in [1.165, 1.54) is 11.0 Å². The van der Waals surface area contributed by atoms with E-state index in [2.05, 4.69) is 11.0 Å². The van der Waals surface area contributed by atoms with Gasteiger partial charge in [0.1, 0.15) is 6.67 Å². The lowest BCUT2D eigenvalue weighted by molar-refractivity contribution is 0.632. The number of fused-ring (bicyclic) bond motifs is 1. The molecule has 0 fully saturated rings. The van der Waals surface area contributed by atoms with Crippen molar-refractivity contribution in [2.75, 3.05) is 16.5 Å². The number of nitrogens with zero attached hydrogens (tertiary/aromatic N) is 4. The molecule has 3 rings (SSSR count). The molecule has 0 unspecified atom stereocenters. The van der Waals surface area contributed by atoms with Crippen LogP contribution in [0.1, 0.15) is 0 Å². The third-order valence-corrected chi connectivity index (χ3v) is 3.24. The van der Waals surface area contributed by atoms with Crippen LogP contribution in [0.4, 0.5) is 27.1 Å². The molecular formula is C15H9FN4. The summed E-state index contributed by atoms with van der Waals surface area (Å²) in [6.45, 7) is 7.22. The van der Waals surface area contributed by atoms with Gasteiger partial charge in [-0.25, -0.2) is 9.24 Å². The summed E-state index contributed by atoms with van der Waals surface area (Å²) in [7, 11) is 0. The topological polar surface area (TPSA) is 34.6 Å². The van der Waals surface area contributed by atoms with Crippen LogP contribution in [0, 0.1) is 23.8 Å². The van der Waals surface area contributed by atoms with Gasteiger partial charge in [0.25, 0.3) is 0 Å². The normalized spacial score (nSPS) is 12.8. The van der Waals surface area contributed by atoms with Crippen molar-refractivity contribution in [3.63, 3.8) is 0 Å². The molecule has 0 saturated carbocycles. The van der Waals surface area contributed by atoms with Crippen LogP contribution in [0.25, 0.3) is 4.85 Å². The van der Waals surface area contributed by atoms with E-state index in [-0.39, 0.29) is 12.4 Å². The summed E-state index contributed by atoms with van der Waals surface area (Å²) >= 11 is 0. The van der Waals surface area contributed by atoms with Gasteiger partial charge in [-0.2, -0.15) is 5.26 Å². The van der Waals surface area contributed by atoms with Gasteiger partial charge in [0.15, 0.2) is 12.0 Å². The molecule has 0 aliphatic carbocycles. The molecule has 5 heteroatoms. The number of nitriles is 1. The maximum absolute atomic E-state index is 14.3. The lowest BCUT2D eigenvalue weighted by Gasteiger charge is -2.19. The van der Waals surface area contributed by atoms with E-state index in [0.717, 1.165) is 11.4 Å². The van der Waals surface area contributed by atoms with Gasteiger partial charge in [0.2, 0.25) is 5.69 Å². The van der Waals surface area contributed by atoms with Crippen LogP contribution in [0.15, 0.2) is 42.5 Å². The summed E-state index contributed by atoms with van der Waals surface area (Å²) in [5.74, 6) is -0.558. The van der Waals surface area contributed by atoms with E-state index in [1.807, 2.05) is 24.3 Å². The van der Waals surface area contributed by atoms with Gasteiger partial charge in [0.05, 0.1) is 23.6 Å². The Morgan fingerprint density at radius 2 is 1.80 bits per heavy atom. The first-order valence-electron chi connectivity index (χ1n) is 5.96. The zero-order valence-corrected chi connectivity index (χ0v) is 10.4. The average molecular weight is 264 g/mol. The average Bonchev–Trinajstić information content (AvgIpc) is 2.86. The third kappa shape index (κ3) is 1.65. The van der Waals surface area contributed by atoms with Crippen molar-refractivity contribution in [2.45, 2.75) is 0 Å². The maximum atomic E-state index is 14.3. The second-order valence-corrected chi connectivity index (χ2v) is 4.31. The Kier molecular flexibility index (Phi) is 2.74. The number of benzene rings is 2. The van der Waals surface area contributed by atoms with E-state index in [1.54, 1.807) is 17.0 Å². The zero-order chi connectivity index (χ0) is 14.1. The molecule has 1 aliphatic heterocycles. The molecule has 0 bridgehead atoms. The first-order valence-corrected chi connectivity index (χ1v) is 5.96. The quantitative estimate of drug-likeness (QED) is 0.581. The SMILES string of the molecule is [C-]#[N+]c1cccc(N2CN(C#N)c3ccccc32)c1F. The van der Waals surface area contributed by atoms with Crippen molar-refractivity contribution < 1.29 is 4.39 Å². The molecule has 20 heavy (non-hydrogen) atoms. The van der Waals surface area contributed by atoms with Crippen molar-refractivity contribution in [3.05, 3.63) is 59.7 Å². The molecular weight excluding hydrogens is 255 g/mol. The van der Waals surface area contributed by atoms with Crippen molar-refractivity contribution in [1.29, 1.82) is 5.26 Å². The summed E-state index contributed by atoms with van der Waals surface area (Å²) in [6, 6.07) is 12.0. The predicted molar refractivity (Wildman–Crippen MR) is 74.2 cm³/mol. The van der Waals surface area contributed by atoms with Gasteiger partial charge >= 0.3 is 0 Å². The fourth-order valence-corrected chi connectivity index (χ4v) is 2.31. The van der Waals surface area contributed by atoms with Crippen LogP contribution in [-0.2, 0) is 0 Å². The van der Waals surface area contributed by atoms with E-state index < -0.39 is 5.82 Å². The Morgan fingerprint density at radius 3 is 2.50 bits per heavy atom. The van der Waals surface area contributed by atoms with E-state index in [9.17, 15) is 4.39 Å². The minimum Gasteiger partial charge on any atom is -0.319 e. The molecule has 2 aromatic carbocycles. The molecule has 0 radical (unpaired) electrons. The molecule has 2 aromatic rings. The molecule has 0 atom stereocenters. The zero-order valence-electron chi connectivity index (χ0n) is 10.4. The highest BCUT2D eigenvalue weighted by atomic mass is 19.1. The van der Waals surface area contributed by atoms with Gasteiger partial charge < -0.3 is 4.90 Å². The van der Waals surface area contributed by atoms with Crippen LogP contribution < -0.4 is 9.80 Å². The Morgan fingerprint density at radius 1 is 1.10 bits per heavy atom. The van der Waals surface area contributed by atoms with Gasteiger partial charge in [-0.3, -0.25) is 4.90 Å². The Bertz CT molecular complexity index is 757. The molecule has 0 saturated heterocycles. The Hall–Kier alpha value is -3.05. The number of halogens is 1. The molecule has 0 amide bonds. The summed E-state index contributed by atoms with van der Waals surface area (Å²) in [5.41, 5.74) is 1.79. The second kappa shape index (κ2) is 4.56. The summed E-state index contributed by atoms with van der Waals surface area (Å²) in [4.78, 5) is 6.35. The lowest BCUT2D eigenvalue weighted by atomic mass is 10.2. The first kappa shape index (κ1) is 12.0. The van der Waals surface area contributed by atoms with Gasteiger partial charge in [0, 0.05) is 0 Å². The molecule has 0 spiro atoms. The van der Waals surface area contributed by atoms with Gasteiger partial charge in [-0.1, -0.05) is 24.3 Å². The van der Waals surface area contributed by atoms with Crippen LogP contribution in [0.3, 0.4) is 0 Å². The van der Waals surface area contributed by atoms with E-state index in [0.29, 0.717) is 5.69 Å².